The van der Waals surface area contributed by atoms with Gasteiger partial charge >= 0.3 is 0 Å². The monoisotopic (exact) mass is 563 g/mol. The fourth-order valence-corrected chi connectivity index (χ4v) is 7.06. The second-order valence-electron chi connectivity index (χ2n) is 10.3. The average Bonchev–Trinajstić information content (AvgIpc) is 3.64. The molecule has 2 aromatic heterocycles. The number of fused-ring (bicyclic) bond motifs is 4. The van der Waals surface area contributed by atoms with Crippen molar-refractivity contribution in [2.75, 3.05) is 0 Å². The summed E-state index contributed by atoms with van der Waals surface area (Å²) in [5, 5.41) is 1.83. The molecule has 0 spiro atoms. The van der Waals surface area contributed by atoms with Gasteiger partial charge in [-0.25, -0.2) is 9.37 Å². The van der Waals surface area contributed by atoms with E-state index in [1.165, 1.54) is 6.07 Å². The Balaban J connectivity index is 1.46. The number of benzene rings is 6. The van der Waals surface area contributed by atoms with Gasteiger partial charge in [-0.05, 0) is 59.9 Å². The Morgan fingerprint density at radius 1 is 0.667 bits per heavy atom. The third kappa shape index (κ3) is 3.95. The van der Waals surface area contributed by atoms with Crippen LogP contribution >= 0.6 is 11.3 Å². The van der Waals surface area contributed by atoms with Gasteiger partial charge in [0.05, 0.1) is 11.2 Å². The second-order valence-corrected chi connectivity index (χ2v) is 11.4. The molecule has 0 N–H and O–H groups in total. The van der Waals surface area contributed by atoms with Gasteiger partial charge in [-0.3, -0.25) is 4.57 Å². The first-order chi connectivity index (χ1) is 21.9. The predicted molar refractivity (Wildman–Crippen MR) is 175 cm³/mol. The number of nitrogens with zero attached hydrogens (tertiary/aromatic N) is 2. The number of imidazole rings is 1. The summed E-state index contributed by atoms with van der Waals surface area (Å²) >= 11 is 1.59. The Bertz CT molecular complexity index is 2380. The van der Waals surface area contributed by atoms with E-state index in [9.17, 15) is 0 Å². The first-order valence-electron chi connectivity index (χ1n) is 15.3. The van der Waals surface area contributed by atoms with E-state index in [0.717, 1.165) is 53.7 Å². The van der Waals surface area contributed by atoms with Crippen LogP contribution < -0.4 is 0 Å². The number of halogens is 1. The van der Waals surface area contributed by atoms with Crippen molar-refractivity contribution >= 4 is 42.5 Å². The lowest BCUT2D eigenvalue weighted by Gasteiger charge is -2.17. The van der Waals surface area contributed by atoms with Crippen molar-refractivity contribution < 1.29 is 8.50 Å². The molecule has 0 saturated carbocycles. The van der Waals surface area contributed by atoms with Crippen LogP contribution in [0.4, 0.5) is 4.39 Å². The van der Waals surface area contributed by atoms with Crippen molar-refractivity contribution in [1.82, 2.24) is 9.55 Å². The first kappa shape index (κ1) is 21.7. The van der Waals surface area contributed by atoms with Crippen molar-refractivity contribution in [3.8, 4) is 39.3 Å². The Hall–Kier alpha value is -5.06. The summed E-state index contributed by atoms with van der Waals surface area (Å²) in [6, 6.07) is 42.9. The maximum Gasteiger partial charge on any atom is 0.149 e. The zero-order chi connectivity index (χ0) is 30.7. The fraction of sp³-hybridized carbons (Fsp3) is 0.0263. The smallest absolute Gasteiger partial charge is 0.149 e. The molecule has 0 saturated heterocycles. The summed E-state index contributed by atoms with van der Waals surface area (Å²) < 4.78 is 43.7. The minimum atomic E-state index is -2.21. The van der Waals surface area contributed by atoms with Crippen molar-refractivity contribution in [3.63, 3.8) is 0 Å². The molecule has 0 bridgehead atoms. The molecule has 0 fully saturated rings. The van der Waals surface area contributed by atoms with Crippen LogP contribution in [0, 0.1) is 12.7 Å². The minimum Gasteiger partial charge on any atom is -0.289 e. The van der Waals surface area contributed by atoms with Crippen molar-refractivity contribution in [2.45, 2.75) is 6.85 Å². The van der Waals surface area contributed by atoms with Gasteiger partial charge in [-0.15, -0.1) is 11.3 Å². The van der Waals surface area contributed by atoms with Crippen LogP contribution in [0.3, 0.4) is 0 Å². The summed E-state index contributed by atoms with van der Waals surface area (Å²) in [6.07, 6.45) is 0. The van der Waals surface area contributed by atoms with Crippen LogP contribution in [0.25, 0.3) is 70.5 Å². The zero-order valence-corrected chi connectivity index (χ0v) is 23.2. The van der Waals surface area contributed by atoms with E-state index in [1.807, 2.05) is 71.3 Å². The third-order valence-electron chi connectivity index (χ3n) is 7.80. The Labute approximate surface area is 251 Å². The van der Waals surface area contributed by atoms with Crippen LogP contribution in [-0.2, 0) is 0 Å². The standard InChI is InChI=1S/C38H25FN2S/c1-24-18-21-35-31(22-24)29-14-8-15-30(37(29)42-35)38-40-33-17-9-16-32(39)36(33)41(38)34-23-27(25-10-4-2-5-11-25)19-20-28(34)26-12-6-3-7-13-26/h2-23H,1H3/i1D3. The molecule has 0 aliphatic rings. The van der Waals surface area contributed by atoms with Gasteiger partial charge in [0.25, 0.3) is 0 Å². The molecule has 0 radical (unpaired) electrons. The normalized spacial score (nSPS) is 12.9. The van der Waals surface area contributed by atoms with Gasteiger partial charge < -0.3 is 0 Å². The number of hydrogen-bond donors (Lipinski definition) is 0. The van der Waals surface area contributed by atoms with Crippen LogP contribution in [0.1, 0.15) is 9.68 Å². The molecule has 0 aliphatic heterocycles. The number of aromatic nitrogens is 2. The van der Waals surface area contributed by atoms with Gasteiger partial charge in [0.15, 0.2) is 0 Å². The molecule has 2 nitrogen and oxygen atoms in total. The summed E-state index contributed by atoms with van der Waals surface area (Å²) in [4.78, 5) is 5.07. The highest BCUT2D eigenvalue weighted by atomic mass is 32.1. The second kappa shape index (κ2) is 9.79. The molecular formula is C38H25FN2S. The molecule has 42 heavy (non-hydrogen) atoms. The summed E-state index contributed by atoms with van der Waals surface area (Å²) in [6.45, 7) is -2.21. The molecule has 4 heteroatoms. The lowest BCUT2D eigenvalue weighted by molar-refractivity contribution is 0.635. The largest absolute Gasteiger partial charge is 0.289 e. The van der Waals surface area contributed by atoms with E-state index < -0.39 is 6.85 Å². The first-order valence-corrected chi connectivity index (χ1v) is 14.6. The molecule has 8 aromatic rings. The Morgan fingerprint density at radius 2 is 1.45 bits per heavy atom. The van der Waals surface area contributed by atoms with Gasteiger partial charge in [0, 0.05) is 35.4 Å². The van der Waals surface area contributed by atoms with E-state index >= 15 is 4.39 Å². The number of rotatable bonds is 4. The van der Waals surface area contributed by atoms with E-state index in [-0.39, 0.29) is 5.82 Å². The van der Waals surface area contributed by atoms with Gasteiger partial charge in [0.1, 0.15) is 17.2 Å². The lowest BCUT2D eigenvalue weighted by Crippen LogP contribution is -2.02. The van der Waals surface area contributed by atoms with Crippen LogP contribution in [0.5, 0.6) is 0 Å². The van der Waals surface area contributed by atoms with E-state index in [2.05, 4.69) is 42.5 Å². The maximum absolute atomic E-state index is 15.9. The number of thiophene rings is 1. The molecular weight excluding hydrogens is 535 g/mol. The molecule has 0 atom stereocenters. The molecule has 0 aliphatic carbocycles. The maximum atomic E-state index is 15.9. The van der Waals surface area contributed by atoms with E-state index in [0.29, 0.717) is 22.4 Å². The van der Waals surface area contributed by atoms with Crippen LogP contribution in [-0.4, -0.2) is 9.55 Å². The number of hydrogen-bond acceptors (Lipinski definition) is 2. The number of para-hydroxylation sites is 1. The van der Waals surface area contributed by atoms with Gasteiger partial charge in [0.2, 0.25) is 0 Å². The van der Waals surface area contributed by atoms with E-state index in [4.69, 9.17) is 9.10 Å². The van der Waals surface area contributed by atoms with Crippen molar-refractivity contribution in [3.05, 3.63) is 145 Å². The van der Waals surface area contributed by atoms with Gasteiger partial charge in [-0.1, -0.05) is 103 Å². The molecule has 8 rings (SSSR count). The highest BCUT2D eigenvalue weighted by Gasteiger charge is 2.23. The van der Waals surface area contributed by atoms with E-state index in [1.54, 1.807) is 29.5 Å². The Morgan fingerprint density at radius 3 is 2.26 bits per heavy atom. The summed E-state index contributed by atoms with van der Waals surface area (Å²) in [5.41, 5.74) is 6.94. The lowest BCUT2D eigenvalue weighted by atomic mass is 9.97. The Kier molecular flexibility index (Phi) is 5.05. The zero-order valence-electron chi connectivity index (χ0n) is 25.4. The van der Waals surface area contributed by atoms with Gasteiger partial charge in [-0.2, -0.15) is 0 Å². The molecule has 6 aromatic carbocycles. The van der Waals surface area contributed by atoms with Crippen LogP contribution in [0.15, 0.2) is 133 Å². The number of aryl methyl sites for hydroxylation is 1. The predicted octanol–water partition coefficient (Wildman–Crippen LogP) is 10.8. The third-order valence-corrected chi connectivity index (χ3v) is 9.02. The minimum absolute atomic E-state index is 0.305. The molecule has 0 amide bonds. The SMILES string of the molecule is [2H]C([2H])([2H])c1ccc2sc3c(-c4nc5cccc(F)c5n4-c4cc(-c5ccccc5)ccc4-c4ccccc4)cccc3c2c1. The summed E-state index contributed by atoms with van der Waals surface area (Å²) in [5.74, 6) is 0.256. The molecule has 200 valence electrons. The topological polar surface area (TPSA) is 17.8 Å². The van der Waals surface area contributed by atoms with Crippen LogP contribution in [0.2, 0.25) is 0 Å². The highest BCUT2D eigenvalue weighted by molar-refractivity contribution is 7.26. The average molecular weight is 564 g/mol. The fourth-order valence-electron chi connectivity index (χ4n) is 5.86. The molecule has 0 unspecified atom stereocenters. The van der Waals surface area contributed by atoms with Crippen molar-refractivity contribution in [1.29, 1.82) is 0 Å². The summed E-state index contributed by atoms with van der Waals surface area (Å²) in [7, 11) is 0. The quantitative estimate of drug-likeness (QED) is 0.208. The molecule has 2 heterocycles. The highest BCUT2D eigenvalue weighted by Crippen LogP contribution is 2.43. The van der Waals surface area contributed by atoms with Crippen molar-refractivity contribution in [2.24, 2.45) is 0 Å².